The minimum absolute atomic E-state index is 0.00396. The van der Waals surface area contributed by atoms with Crippen molar-refractivity contribution < 1.29 is 9.21 Å². The molecule has 0 aliphatic carbocycles. The van der Waals surface area contributed by atoms with Crippen LogP contribution in [0.15, 0.2) is 28.9 Å². The first kappa shape index (κ1) is 15.6. The fourth-order valence-corrected chi connectivity index (χ4v) is 3.10. The molecule has 0 spiro atoms. The Kier molecular flexibility index (Phi) is 4.41. The lowest BCUT2D eigenvalue weighted by molar-refractivity contribution is 0.128. The largest absolute Gasteiger partial charge is 0.464 e. The number of anilines is 1. The maximum atomic E-state index is 12.7. The number of piperidine rings is 1. The summed E-state index contributed by atoms with van der Waals surface area (Å²) >= 11 is 0. The Morgan fingerprint density at radius 2 is 2.30 bits per heavy atom. The molecule has 0 bridgehead atoms. The Morgan fingerprint density at radius 3 is 2.96 bits per heavy atom. The first-order chi connectivity index (χ1) is 11.1. The number of amides is 2. The molecule has 6 nitrogen and oxygen atoms in total. The standard InChI is InChI=1S/C17H24N4O2/c1-4-14-5-6-16(23-14)15-9-12(2)7-8-21(15)17(22)19-13-10-18-20(3)11-13/h5-6,10-12,15H,4,7-9H2,1-3H3,(H,19,22)/t12-,15-/m0/s1. The third kappa shape index (κ3) is 3.41. The van der Waals surface area contributed by atoms with Crippen molar-refractivity contribution in [1.29, 1.82) is 0 Å². The van der Waals surface area contributed by atoms with Gasteiger partial charge < -0.3 is 14.6 Å². The maximum Gasteiger partial charge on any atom is 0.322 e. The molecule has 0 unspecified atom stereocenters. The number of aryl methyl sites for hydroxylation is 2. The highest BCUT2D eigenvalue weighted by atomic mass is 16.3. The average molecular weight is 316 g/mol. The van der Waals surface area contributed by atoms with E-state index in [9.17, 15) is 4.79 Å². The molecule has 23 heavy (non-hydrogen) atoms. The summed E-state index contributed by atoms with van der Waals surface area (Å²) in [5.74, 6) is 2.43. The van der Waals surface area contributed by atoms with Gasteiger partial charge in [-0.1, -0.05) is 13.8 Å². The number of carbonyl (C=O) groups excluding carboxylic acids is 1. The highest BCUT2D eigenvalue weighted by Gasteiger charge is 2.33. The number of nitrogens with one attached hydrogen (secondary N) is 1. The lowest BCUT2D eigenvalue weighted by atomic mass is 9.91. The van der Waals surface area contributed by atoms with Crippen LogP contribution in [0, 0.1) is 5.92 Å². The van der Waals surface area contributed by atoms with Crippen LogP contribution >= 0.6 is 0 Å². The number of nitrogens with zero attached hydrogens (tertiary/aromatic N) is 3. The molecule has 1 saturated heterocycles. The number of furan rings is 1. The summed E-state index contributed by atoms with van der Waals surface area (Å²) in [6.07, 6.45) is 6.25. The number of carbonyl (C=O) groups is 1. The minimum atomic E-state index is -0.0932. The van der Waals surface area contributed by atoms with E-state index >= 15 is 0 Å². The van der Waals surface area contributed by atoms with Gasteiger partial charge in [0.25, 0.3) is 0 Å². The second-order valence-electron chi connectivity index (χ2n) is 6.33. The molecule has 1 fully saturated rings. The number of likely N-dealkylation sites (tertiary alicyclic amines) is 1. The van der Waals surface area contributed by atoms with Crippen molar-refractivity contribution in [3.8, 4) is 0 Å². The van der Waals surface area contributed by atoms with E-state index in [1.165, 1.54) is 0 Å². The minimum Gasteiger partial charge on any atom is -0.464 e. The van der Waals surface area contributed by atoms with Crippen LogP contribution in [0.3, 0.4) is 0 Å². The Hall–Kier alpha value is -2.24. The third-order valence-corrected chi connectivity index (χ3v) is 4.44. The maximum absolute atomic E-state index is 12.7. The Balaban J connectivity index is 1.78. The van der Waals surface area contributed by atoms with Gasteiger partial charge in [-0.2, -0.15) is 5.10 Å². The quantitative estimate of drug-likeness (QED) is 0.941. The van der Waals surface area contributed by atoms with Gasteiger partial charge in [-0.25, -0.2) is 4.79 Å². The van der Waals surface area contributed by atoms with Crippen molar-refractivity contribution in [3.05, 3.63) is 36.0 Å². The zero-order valence-corrected chi connectivity index (χ0v) is 14.0. The van der Waals surface area contributed by atoms with E-state index in [0.717, 1.165) is 37.3 Å². The fourth-order valence-electron chi connectivity index (χ4n) is 3.10. The molecule has 1 aliphatic heterocycles. The molecule has 1 aliphatic rings. The van der Waals surface area contributed by atoms with E-state index in [0.29, 0.717) is 11.6 Å². The number of rotatable bonds is 3. The summed E-state index contributed by atoms with van der Waals surface area (Å²) in [7, 11) is 1.83. The molecule has 1 N–H and O–H groups in total. The lowest BCUT2D eigenvalue weighted by Crippen LogP contribution is -2.42. The summed E-state index contributed by atoms with van der Waals surface area (Å²) in [6, 6.07) is 3.91. The number of hydrogen-bond donors (Lipinski definition) is 1. The predicted molar refractivity (Wildman–Crippen MR) is 88.2 cm³/mol. The van der Waals surface area contributed by atoms with E-state index in [4.69, 9.17) is 4.42 Å². The van der Waals surface area contributed by atoms with Crippen LogP contribution in [-0.2, 0) is 13.5 Å². The number of hydrogen-bond acceptors (Lipinski definition) is 3. The SMILES string of the molecule is CCc1ccc([C@@H]2C[C@@H](C)CCN2C(=O)Nc2cnn(C)c2)o1. The normalized spacial score (nSPS) is 21.4. The first-order valence-electron chi connectivity index (χ1n) is 8.21. The molecule has 3 heterocycles. The second kappa shape index (κ2) is 6.48. The van der Waals surface area contributed by atoms with Crippen LogP contribution < -0.4 is 5.32 Å². The van der Waals surface area contributed by atoms with Gasteiger partial charge in [0.15, 0.2) is 0 Å². The van der Waals surface area contributed by atoms with Crippen LogP contribution in [-0.4, -0.2) is 27.3 Å². The van der Waals surface area contributed by atoms with Gasteiger partial charge in [-0.3, -0.25) is 4.68 Å². The molecular weight excluding hydrogens is 292 g/mol. The molecule has 0 saturated carbocycles. The summed E-state index contributed by atoms with van der Waals surface area (Å²) in [4.78, 5) is 14.6. The number of urea groups is 1. The number of aromatic nitrogens is 2. The van der Waals surface area contributed by atoms with Crippen LogP contribution in [0.5, 0.6) is 0 Å². The van der Waals surface area contributed by atoms with E-state index in [1.54, 1.807) is 17.1 Å². The molecule has 0 radical (unpaired) electrons. The fraction of sp³-hybridized carbons (Fsp3) is 0.529. The molecule has 6 heteroatoms. The van der Waals surface area contributed by atoms with Crippen LogP contribution in [0.2, 0.25) is 0 Å². The average Bonchev–Trinajstić information content (AvgIpc) is 3.16. The summed E-state index contributed by atoms with van der Waals surface area (Å²) in [6.45, 7) is 5.03. The Morgan fingerprint density at radius 1 is 1.48 bits per heavy atom. The molecule has 3 rings (SSSR count). The molecule has 124 valence electrons. The van der Waals surface area contributed by atoms with E-state index in [2.05, 4.69) is 24.3 Å². The predicted octanol–water partition coefficient (Wildman–Crippen LogP) is 3.58. The summed E-state index contributed by atoms with van der Waals surface area (Å²) in [5, 5.41) is 7.01. The van der Waals surface area contributed by atoms with Gasteiger partial charge in [0.2, 0.25) is 0 Å². The van der Waals surface area contributed by atoms with Gasteiger partial charge in [0, 0.05) is 26.2 Å². The zero-order valence-electron chi connectivity index (χ0n) is 14.0. The first-order valence-corrected chi connectivity index (χ1v) is 8.21. The lowest BCUT2D eigenvalue weighted by Gasteiger charge is -2.37. The van der Waals surface area contributed by atoms with Crippen molar-refractivity contribution in [3.63, 3.8) is 0 Å². The Labute approximate surface area is 136 Å². The topological polar surface area (TPSA) is 63.3 Å². The van der Waals surface area contributed by atoms with Crippen molar-refractivity contribution in [2.24, 2.45) is 13.0 Å². The van der Waals surface area contributed by atoms with Crippen LogP contribution in [0.4, 0.5) is 10.5 Å². The van der Waals surface area contributed by atoms with E-state index in [1.807, 2.05) is 24.1 Å². The molecule has 2 amide bonds. The van der Waals surface area contributed by atoms with Gasteiger partial charge in [-0.05, 0) is 30.9 Å². The third-order valence-electron chi connectivity index (χ3n) is 4.44. The van der Waals surface area contributed by atoms with E-state index < -0.39 is 0 Å². The Bertz CT molecular complexity index is 676. The molecule has 2 aromatic rings. The summed E-state index contributed by atoms with van der Waals surface area (Å²) < 4.78 is 7.59. The van der Waals surface area contributed by atoms with Crippen molar-refractivity contribution in [1.82, 2.24) is 14.7 Å². The molecule has 0 aromatic carbocycles. The van der Waals surface area contributed by atoms with Crippen LogP contribution in [0.25, 0.3) is 0 Å². The van der Waals surface area contributed by atoms with Crippen LogP contribution in [0.1, 0.15) is 44.3 Å². The van der Waals surface area contributed by atoms with Gasteiger partial charge in [-0.15, -0.1) is 0 Å². The molecule has 2 aromatic heterocycles. The van der Waals surface area contributed by atoms with Crippen molar-refractivity contribution >= 4 is 11.7 Å². The summed E-state index contributed by atoms with van der Waals surface area (Å²) in [5.41, 5.74) is 0.712. The van der Waals surface area contributed by atoms with Gasteiger partial charge >= 0.3 is 6.03 Å². The second-order valence-corrected chi connectivity index (χ2v) is 6.33. The zero-order chi connectivity index (χ0) is 16.4. The smallest absolute Gasteiger partial charge is 0.322 e. The molecule has 2 atom stereocenters. The van der Waals surface area contributed by atoms with Gasteiger partial charge in [0.1, 0.15) is 11.5 Å². The van der Waals surface area contributed by atoms with Crippen molar-refractivity contribution in [2.45, 2.75) is 39.2 Å². The molecular formula is C17H24N4O2. The van der Waals surface area contributed by atoms with Crippen molar-refractivity contribution in [2.75, 3.05) is 11.9 Å². The highest BCUT2D eigenvalue weighted by Crippen LogP contribution is 2.35. The van der Waals surface area contributed by atoms with Gasteiger partial charge in [0.05, 0.1) is 17.9 Å². The highest BCUT2D eigenvalue weighted by molar-refractivity contribution is 5.89. The monoisotopic (exact) mass is 316 g/mol. The van der Waals surface area contributed by atoms with E-state index in [-0.39, 0.29) is 12.1 Å².